The lowest BCUT2D eigenvalue weighted by molar-refractivity contribution is -0.138. The molecule has 0 aliphatic carbocycles. The number of ether oxygens (including phenoxy) is 1. The molecule has 0 N–H and O–H groups in total. The standard InChI is InChI=1S/C11H6F3NO3/c1-18-10(17)9-7(5-16)6(4-15)2-3-8(9)11(12,13)14/h2-3,5H,1H3. The Balaban J connectivity index is 3.72. The SMILES string of the molecule is COC(=O)c1c(C(F)(F)F)ccc(C#N)c1C=O. The normalized spacial score (nSPS) is 10.6. The first-order valence-corrected chi connectivity index (χ1v) is 4.54. The maximum Gasteiger partial charge on any atom is 0.417 e. The highest BCUT2D eigenvalue weighted by Crippen LogP contribution is 2.34. The van der Waals surface area contributed by atoms with Crippen molar-refractivity contribution in [1.82, 2.24) is 0 Å². The summed E-state index contributed by atoms with van der Waals surface area (Å²) in [6.45, 7) is 0. The molecular formula is C11H6F3NO3. The van der Waals surface area contributed by atoms with Crippen LogP contribution in [0.1, 0.15) is 31.8 Å². The van der Waals surface area contributed by atoms with Crippen LogP contribution in [0.25, 0.3) is 0 Å². The van der Waals surface area contributed by atoms with E-state index in [0.717, 1.165) is 13.2 Å². The summed E-state index contributed by atoms with van der Waals surface area (Å²) in [7, 11) is 0.885. The van der Waals surface area contributed by atoms with E-state index < -0.39 is 28.8 Å². The van der Waals surface area contributed by atoms with Gasteiger partial charge in [-0.3, -0.25) is 4.79 Å². The van der Waals surface area contributed by atoms with Gasteiger partial charge in [0.2, 0.25) is 0 Å². The Labute approximate surface area is 99.6 Å². The van der Waals surface area contributed by atoms with Gasteiger partial charge in [0, 0.05) is 5.56 Å². The number of rotatable bonds is 2. The van der Waals surface area contributed by atoms with Gasteiger partial charge in [-0.1, -0.05) is 0 Å². The molecular weight excluding hydrogens is 251 g/mol. The number of nitriles is 1. The third-order valence-corrected chi connectivity index (χ3v) is 2.18. The lowest BCUT2D eigenvalue weighted by atomic mass is 9.96. The van der Waals surface area contributed by atoms with E-state index >= 15 is 0 Å². The van der Waals surface area contributed by atoms with Gasteiger partial charge >= 0.3 is 12.1 Å². The molecule has 0 bridgehead atoms. The van der Waals surface area contributed by atoms with E-state index in [1.54, 1.807) is 0 Å². The van der Waals surface area contributed by atoms with Crippen molar-refractivity contribution >= 4 is 12.3 Å². The summed E-state index contributed by atoms with van der Waals surface area (Å²) in [5, 5.41) is 8.68. The van der Waals surface area contributed by atoms with Gasteiger partial charge in [0.25, 0.3) is 0 Å². The highest BCUT2D eigenvalue weighted by Gasteiger charge is 2.37. The van der Waals surface area contributed by atoms with Crippen molar-refractivity contribution in [3.63, 3.8) is 0 Å². The fraction of sp³-hybridized carbons (Fsp3) is 0.182. The van der Waals surface area contributed by atoms with E-state index in [-0.39, 0.29) is 11.8 Å². The van der Waals surface area contributed by atoms with E-state index in [1.165, 1.54) is 6.07 Å². The Kier molecular flexibility index (Phi) is 3.71. The molecule has 0 heterocycles. The minimum atomic E-state index is -4.82. The quantitative estimate of drug-likeness (QED) is 0.601. The van der Waals surface area contributed by atoms with Crippen LogP contribution in [0.5, 0.6) is 0 Å². The van der Waals surface area contributed by atoms with Gasteiger partial charge in [-0.15, -0.1) is 0 Å². The van der Waals surface area contributed by atoms with Crippen LogP contribution in [-0.4, -0.2) is 19.4 Å². The number of hydrogen-bond donors (Lipinski definition) is 0. The summed E-state index contributed by atoms with van der Waals surface area (Å²) in [4.78, 5) is 22.1. The fourth-order valence-corrected chi connectivity index (χ4v) is 1.40. The molecule has 0 radical (unpaired) electrons. The van der Waals surface area contributed by atoms with Crippen LogP contribution in [0.2, 0.25) is 0 Å². The fourth-order valence-electron chi connectivity index (χ4n) is 1.40. The minimum absolute atomic E-state index is 0.0278. The van der Waals surface area contributed by atoms with Crippen molar-refractivity contribution in [2.45, 2.75) is 6.18 Å². The van der Waals surface area contributed by atoms with Gasteiger partial charge in [0.1, 0.15) is 0 Å². The highest BCUT2D eigenvalue weighted by atomic mass is 19.4. The average molecular weight is 257 g/mol. The van der Waals surface area contributed by atoms with Crippen molar-refractivity contribution in [3.8, 4) is 6.07 Å². The summed E-state index contributed by atoms with van der Waals surface area (Å²) in [6, 6.07) is 2.94. The van der Waals surface area contributed by atoms with Gasteiger partial charge in [-0.25, -0.2) is 4.79 Å². The molecule has 0 aliphatic rings. The summed E-state index contributed by atoms with van der Waals surface area (Å²) in [5.74, 6) is -1.32. The second-order valence-corrected chi connectivity index (χ2v) is 3.17. The molecule has 0 saturated carbocycles. The minimum Gasteiger partial charge on any atom is -0.465 e. The molecule has 1 aromatic carbocycles. The molecule has 0 aliphatic heterocycles. The molecule has 7 heteroatoms. The third-order valence-electron chi connectivity index (χ3n) is 2.18. The maximum atomic E-state index is 12.7. The number of halogens is 3. The topological polar surface area (TPSA) is 67.2 Å². The summed E-state index contributed by atoms with van der Waals surface area (Å²) in [6.07, 6.45) is -4.80. The molecule has 0 unspecified atom stereocenters. The number of benzene rings is 1. The maximum absolute atomic E-state index is 12.7. The molecule has 1 rings (SSSR count). The van der Waals surface area contributed by atoms with Crippen LogP contribution >= 0.6 is 0 Å². The number of alkyl halides is 3. The highest BCUT2D eigenvalue weighted by molar-refractivity contribution is 6.01. The molecule has 0 aromatic heterocycles. The van der Waals surface area contributed by atoms with Crippen LogP contribution in [0.15, 0.2) is 12.1 Å². The first-order valence-electron chi connectivity index (χ1n) is 4.54. The molecule has 0 amide bonds. The van der Waals surface area contributed by atoms with Gasteiger partial charge in [-0.2, -0.15) is 18.4 Å². The zero-order valence-corrected chi connectivity index (χ0v) is 9.04. The lowest BCUT2D eigenvalue weighted by Crippen LogP contribution is -2.17. The number of hydrogen-bond acceptors (Lipinski definition) is 4. The van der Waals surface area contributed by atoms with Gasteiger partial charge < -0.3 is 4.74 Å². The third kappa shape index (κ3) is 2.32. The van der Waals surface area contributed by atoms with Crippen molar-refractivity contribution in [2.75, 3.05) is 7.11 Å². The molecule has 0 atom stereocenters. The van der Waals surface area contributed by atoms with Crippen LogP contribution in [0, 0.1) is 11.3 Å². The molecule has 0 spiro atoms. The predicted molar refractivity (Wildman–Crippen MR) is 52.9 cm³/mol. The number of methoxy groups -OCH3 is 1. The average Bonchev–Trinajstić information content (AvgIpc) is 2.34. The number of aldehydes is 1. The van der Waals surface area contributed by atoms with E-state index in [0.29, 0.717) is 6.07 Å². The second kappa shape index (κ2) is 4.87. The number of carbonyl (C=O) groups is 2. The molecule has 0 saturated heterocycles. The number of carbonyl (C=O) groups excluding carboxylic acids is 2. The van der Waals surface area contributed by atoms with Crippen LogP contribution in [0.4, 0.5) is 13.2 Å². The molecule has 1 aromatic rings. The molecule has 94 valence electrons. The van der Waals surface area contributed by atoms with E-state index in [4.69, 9.17) is 5.26 Å². The zero-order valence-electron chi connectivity index (χ0n) is 9.04. The van der Waals surface area contributed by atoms with Crippen LogP contribution < -0.4 is 0 Å². The number of nitrogens with zero attached hydrogens (tertiary/aromatic N) is 1. The first kappa shape index (κ1) is 13.7. The van der Waals surface area contributed by atoms with E-state index in [1.807, 2.05) is 0 Å². The smallest absolute Gasteiger partial charge is 0.417 e. The van der Waals surface area contributed by atoms with Crippen LogP contribution in [-0.2, 0) is 10.9 Å². The summed E-state index contributed by atoms with van der Waals surface area (Å²) >= 11 is 0. The first-order chi connectivity index (χ1) is 8.36. The second-order valence-electron chi connectivity index (χ2n) is 3.17. The Hall–Kier alpha value is -2.36. The lowest BCUT2D eigenvalue weighted by Gasteiger charge is -2.13. The largest absolute Gasteiger partial charge is 0.465 e. The van der Waals surface area contributed by atoms with Crippen molar-refractivity contribution in [2.24, 2.45) is 0 Å². The monoisotopic (exact) mass is 257 g/mol. The Bertz CT molecular complexity index is 544. The molecule has 4 nitrogen and oxygen atoms in total. The summed E-state index contributed by atoms with van der Waals surface area (Å²) in [5.41, 5.74) is -3.20. The van der Waals surface area contributed by atoms with Crippen molar-refractivity contribution in [1.29, 1.82) is 5.26 Å². The number of esters is 1. The predicted octanol–water partition coefficient (Wildman–Crippen LogP) is 2.18. The van der Waals surface area contributed by atoms with E-state index in [9.17, 15) is 22.8 Å². The van der Waals surface area contributed by atoms with Gasteiger partial charge in [-0.05, 0) is 12.1 Å². The van der Waals surface area contributed by atoms with E-state index in [2.05, 4.69) is 4.74 Å². The Morgan fingerprint density at radius 1 is 1.44 bits per heavy atom. The van der Waals surface area contributed by atoms with Gasteiger partial charge in [0.05, 0.1) is 29.9 Å². The van der Waals surface area contributed by atoms with Crippen molar-refractivity contribution in [3.05, 3.63) is 34.4 Å². The zero-order chi connectivity index (χ0) is 13.9. The van der Waals surface area contributed by atoms with Crippen molar-refractivity contribution < 1.29 is 27.5 Å². The molecule has 18 heavy (non-hydrogen) atoms. The Morgan fingerprint density at radius 2 is 2.06 bits per heavy atom. The van der Waals surface area contributed by atoms with Gasteiger partial charge in [0.15, 0.2) is 6.29 Å². The summed E-state index contributed by atoms with van der Waals surface area (Å²) < 4.78 is 42.3. The molecule has 0 fully saturated rings. The Morgan fingerprint density at radius 3 is 2.44 bits per heavy atom. The van der Waals surface area contributed by atoms with Crippen LogP contribution in [0.3, 0.4) is 0 Å².